The molecule has 2 fully saturated rings. The van der Waals surface area contributed by atoms with E-state index in [0.717, 1.165) is 35.1 Å². The summed E-state index contributed by atoms with van der Waals surface area (Å²) in [6.45, 7) is 24.6. The van der Waals surface area contributed by atoms with E-state index >= 15 is 0 Å². The van der Waals surface area contributed by atoms with Crippen molar-refractivity contribution in [1.29, 1.82) is 0 Å². The van der Waals surface area contributed by atoms with E-state index in [9.17, 15) is 30.6 Å². The maximum absolute atomic E-state index is 10.4. The smallest absolute Gasteiger partial charge is 0.186 e. The Labute approximate surface area is 371 Å². The predicted octanol–water partition coefficient (Wildman–Crippen LogP) is 8.25. The minimum Gasteiger partial charge on any atom is -0.388 e. The molecule has 344 valence electrons. The molecule has 0 bridgehead atoms. The average molecular weight is 861 g/mol. The molecule has 62 heavy (non-hydrogen) atoms. The molecule has 0 unspecified atom stereocenters. The van der Waals surface area contributed by atoms with E-state index in [1.807, 2.05) is 12.2 Å². The summed E-state index contributed by atoms with van der Waals surface area (Å²) in [6, 6.07) is 0. The van der Waals surface area contributed by atoms with Crippen LogP contribution in [0.15, 0.2) is 130 Å². The molecule has 4 rings (SSSR count). The van der Waals surface area contributed by atoms with Crippen LogP contribution in [0.1, 0.15) is 109 Å². The molecule has 12 atom stereocenters. The minimum atomic E-state index is -1.31. The SMILES string of the molecule is CC1=C(/C=C/C(C)=C/C=C/C(C)=C/C=C/C=C(C)/C=C/C=C(C)/C=C/C2=C(C)C[C@@H](O[C@H]3O[C@@H](C)[C@H](O)[C@@H](O)[C@H]3O)CC2(C)C)C(C)(C)C[C@H](O[C@H]2O[C@@H](C)[C@H](O)[C@@H](O)[C@H]2O)C1. The molecule has 0 aromatic heterocycles. The number of aliphatic hydroxyl groups is 6. The Balaban J connectivity index is 1.25. The molecule has 0 amide bonds. The molecule has 2 saturated heterocycles. The Morgan fingerprint density at radius 1 is 0.500 bits per heavy atom. The Morgan fingerprint density at radius 3 is 1.16 bits per heavy atom. The van der Waals surface area contributed by atoms with Crippen molar-refractivity contribution in [3.05, 3.63) is 130 Å². The van der Waals surface area contributed by atoms with Crippen molar-refractivity contribution in [3.8, 4) is 0 Å². The Hall–Kier alpha value is -3.26. The molecule has 6 N–H and O–H groups in total. The standard InChI is InChI=1S/C52H76O10/c1-31(19-15-21-33(3)23-25-41-35(5)27-39(29-51(41,9)10)61-49-47(57)45(55)43(53)37(7)59-49)17-13-14-18-32(2)20-16-22-34(4)24-26-42-36(6)28-40(30-52(42,11)12)62-50-48(58)46(56)44(54)38(8)60-50/h13-26,37-40,43-50,53-58H,27-30H2,1-12H3/b14-13+,19-15+,20-16+,25-23+,26-24+,31-17+,32-18+,33-21+,34-22+/t37-,38-,39+,40+,43-,44-,45+,46+,47+,48+,49+,50+/m0/s1. The highest BCUT2D eigenvalue weighted by molar-refractivity contribution is 5.39. The van der Waals surface area contributed by atoms with E-state index in [4.69, 9.17) is 18.9 Å². The third-order valence-corrected chi connectivity index (χ3v) is 12.5. The first-order chi connectivity index (χ1) is 29.0. The highest BCUT2D eigenvalue weighted by Gasteiger charge is 2.46. The van der Waals surface area contributed by atoms with Gasteiger partial charge in [-0.15, -0.1) is 0 Å². The normalized spacial score (nSPS) is 35.8. The Kier molecular flexibility index (Phi) is 18.7. The van der Waals surface area contributed by atoms with Crippen LogP contribution in [-0.4, -0.2) is 104 Å². The van der Waals surface area contributed by atoms with Gasteiger partial charge in [0.15, 0.2) is 12.6 Å². The predicted molar refractivity (Wildman–Crippen MR) is 247 cm³/mol. The van der Waals surface area contributed by atoms with Gasteiger partial charge in [0.25, 0.3) is 0 Å². The lowest BCUT2D eigenvalue weighted by molar-refractivity contribution is -0.305. The summed E-state index contributed by atoms with van der Waals surface area (Å²) >= 11 is 0. The first kappa shape index (κ1) is 51.4. The van der Waals surface area contributed by atoms with Gasteiger partial charge in [0, 0.05) is 0 Å². The van der Waals surface area contributed by atoms with Gasteiger partial charge in [0.2, 0.25) is 0 Å². The summed E-state index contributed by atoms with van der Waals surface area (Å²) in [5.74, 6) is 0. The summed E-state index contributed by atoms with van der Waals surface area (Å²) in [6.07, 6.45) is 21.1. The van der Waals surface area contributed by atoms with E-state index < -0.39 is 61.4 Å². The second-order valence-corrected chi connectivity index (χ2v) is 19.3. The van der Waals surface area contributed by atoms with E-state index in [-0.39, 0.29) is 23.0 Å². The summed E-state index contributed by atoms with van der Waals surface area (Å²) < 4.78 is 23.7. The number of rotatable bonds is 14. The third-order valence-electron chi connectivity index (χ3n) is 12.5. The molecule has 10 nitrogen and oxygen atoms in total. The van der Waals surface area contributed by atoms with Gasteiger partial charge in [-0.1, -0.05) is 146 Å². The van der Waals surface area contributed by atoms with Crippen molar-refractivity contribution < 1.29 is 49.6 Å². The fourth-order valence-electron chi connectivity index (χ4n) is 8.89. The number of allylic oxidation sites excluding steroid dienone is 20. The monoisotopic (exact) mass is 861 g/mol. The molecule has 0 radical (unpaired) electrons. The van der Waals surface area contributed by atoms with Crippen molar-refractivity contribution in [2.45, 2.75) is 182 Å². The zero-order valence-corrected chi connectivity index (χ0v) is 39.2. The number of ether oxygens (including phenoxy) is 4. The lowest BCUT2D eigenvalue weighted by atomic mass is 9.71. The first-order valence-electron chi connectivity index (χ1n) is 22.2. The highest BCUT2D eigenvalue weighted by atomic mass is 16.7. The van der Waals surface area contributed by atoms with Crippen molar-refractivity contribution in [2.24, 2.45) is 10.8 Å². The molecule has 2 aliphatic carbocycles. The molecule has 2 aliphatic heterocycles. The van der Waals surface area contributed by atoms with E-state index in [2.05, 4.69) is 142 Å². The second kappa shape index (κ2) is 22.6. The quantitative estimate of drug-likeness (QED) is 0.0940. The Morgan fingerprint density at radius 2 is 0.823 bits per heavy atom. The summed E-state index contributed by atoms with van der Waals surface area (Å²) in [5, 5.41) is 61.4. The van der Waals surface area contributed by atoms with E-state index in [0.29, 0.717) is 12.8 Å². The van der Waals surface area contributed by atoms with Crippen LogP contribution in [0.2, 0.25) is 0 Å². The summed E-state index contributed by atoms with van der Waals surface area (Å²) in [5.41, 5.74) is 9.11. The molecular formula is C52H76O10. The van der Waals surface area contributed by atoms with Crippen molar-refractivity contribution in [2.75, 3.05) is 0 Å². The zero-order valence-electron chi connectivity index (χ0n) is 39.2. The van der Waals surface area contributed by atoms with Gasteiger partial charge in [0.1, 0.15) is 36.6 Å². The van der Waals surface area contributed by atoms with Crippen LogP contribution < -0.4 is 0 Å². The van der Waals surface area contributed by atoms with Gasteiger partial charge in [-0.3, -0.25) is 0 Å². The van der Waals surface area contributed by atoms with Gasteiger partial charge < -0.3 is 49.6 Å². The van der Waals surface area contributed by atoms with Crippen LogP contribution in [0.4, 0.5) is 0 Å². The fourth-order valence-corrected chi connectivity index (χ4v) is 8.89. The maximum atomic E-state index is 10.4. The lowest BCUT2D eigenvalue weighted by Crippen LogP contribution is -2.58. The molecule has 0 spiro atoms. The Bertz CT molecular complexity index is 1750. The maximum Gasteiger partial charge on any atom is 0.186 e. The van der Waals surface area contributed by atoms with E-state index in [1.54, 1.807) is 13.8 Å². The van der Waals surface area contributed by atoms with Gasteiger partial charge in [-0.2, -0.15) is 0 Å². The molecule has 2 heterocycles. The van der Waals surface area contributed by atoms with Crippen LogP contribution >= 0.6 is 0 Å². The molecule has 0 aromatic rings. The van der Waals surface area contributed by atoms with Crippen molar-refractivity contribution in [3.63, 3.8) is 0 Å². The number of aliphatic hydroxyl groups excluding tert-OH is 6. The molecule has 10 heteroatoms. The minimum absolute atomic E-state index is 0.170. The highest BCUT2D eigenvalue weighted by Crippen LogP contribution is 2.44. The topological polar surface area (TPSA) is 158 Å². The molecule has 0 saturated carbocycles. The largest absolute Gasteiger partial charge is 0.388 e. The molecule has 4 aliphatic rings. The van der Waals surface area contributed by atoms with Crippen LogP contribution in [0.3, 0.4) is 0 Å². The van der Waals surface area contributed by atoms with Gasteiger partial charge in [0.05, 0.1) is 24.4 Å². The lowest BCUT2D eigenvalue weighted by Gasteiger charge is -2.43. The third kappa shape index (κ3) is 14.1. The van der Waals surface area contributed by atoms with E-state index in [1.165, 1.54) is 22.3 Å². The number of hydrogen-bond acceptors (Lipinski definition) is 10. The summed E-state index contributed by atoms with van der Waals surface area (Å²) in [7, 11) is 0. The summed E-state index contributed by atoms with van der Waals surface area (Å²) in [4.78, 5) is 0. The first-order valence-corrected chi connectivity index (χ1v) is 22.2. The van der Waals surface area contributed by atoms with Gasteiger partial charge >= 0.3 is 0 Å². The zero-order chi connectivity index (χ0) is 46.1. The fraction of sp³-hybridized carbons (Fsp3) is 0.577. The second-order valence-electron chi connectivity index (χ2n) is 19.3. The average Bonchev–Trinajstić information content (AvgIpc) is 3.17. The van der Waals surface area contributed by atoms with Crippen LogP contribution in [0, 0.1) is 10.8 Å². The number of hydrogen-bond donors (Lipinski definition) is 6. The van der Waals surface area contributed by atoms with Crippen molar-refractivity contribution >= 4 is 0 Å². The van der Waals surface area contributed by atoms with Crippen LogP contribution in [-0.2, 0) is 18.9 Å². The van der Waals surface area contributed by atoms with Crippen molar-refractivity contribution in [1.82, 2.24) is 0 Å². The molecular weight excluding hydrogens is 785 g/mol. The van der Waals surface area contributed by atoms with Gasteiger partial charge in [-0.05, 0) is 103 Å². The van der Waals surface area contributed by atoms with Crippen LogP contribution in [0.5, 0.6) is 0 Å². The molecule has 0 aromatic carbocycles. The van der Waals surface area contributed by atoms with Gasteiger partial charge in [-0.25, -0.2) is 0 Å². The van der Waals surface area contributed by atoms with Crippen LogP contribution in [0.25, 0.3) is 0 Å².